The Bertz CT molecular complexity index is 658. The Morgan fingerprint density at radius 1 is 1.00 bits per heavy atom. The van der Waals surface area contributed by atoms with E-state index in [-0.39, 0.29) is 12.5 Å². The number of hydrazone groups is 1. The van der Waals surface area contributed by atoms with E-state index in [9.17, 15) is 4.79 Å². The standard InChI is InChI=1S/C18H20N2O2/c1-13-4-8-16(9-5-13)15(3)19-20-18(21)12-22-17-10-6-14(2)7-11-17/h4-11H,12H2,1-3H3,(H,20,21)/b19-15+. The van der Waals surface area contributed by atoms with E-state index in [4.69, 9.17) is 4.74 Å². The Kier molecular flexibility index (Phi) is 5.31. The van der Waals surface area contributed by atoms with Gasteiger partial charge < -0.3 is 4.74 Å². The van der Waals surface area contributed by atoms with Gasteiger partial charge in [-0.3, -0.25) is 4.79 Å². The van der Waals surface area contributed by atoms with E-state index in [1.54, 1.807) is 0 Å². The molecule has 0 aromatic heterocycles. The lowest BCUT2D eigenvalue weighted by atomic mass is 10.1. The minimum Gasteiger partial charge on any atom is -0.484 e. The molecule has 1 amide bonds. The lowest BCUT2D eigenvalue weighted by Crippen LogP contribution is -2.25. The highest BCUT2D eigenvalue weighted by atomic mass is 16.5. The largest absolute Gasteiger partial charge is 0.484 e. The van der Waals surface area contributed by atoms with Gasteiger partial charge in [-0.15, -0.1) is 0 Å². The molecule has 0 saturated heterocycles. The minimum atomic E-state index is -0.285. The highest BCUT2D eigenvalue weighted by molar-refractivity contribution is 5.99. The van der Waals surface area contributed by atoms with Crippen molar-refractivity contribution in [3.63, 3.8) is 0 Å². The number of amides is 1. The van der Waals surface area contributed by atoms with E-state index in [2.05, 4.69) is 10.5 Å². The quantitative estimate of drug-likeness (QED) is 0.680. The molecule has 0 aliphatic heterocycles. The molecule has 0 radical (unpaired) electrons. The maximum absolute atomic E-state index is 11.7. The first-order chi connectivity index (χ1) is 10.5. The molecule has 0 heterocycles. The van der Waals surface area contributed by atoms with Crippen molar-refractivity contribution >= 4 is 11.6 Å². The molecular weight excluding hydrogens is 276 g/mol. The van der Waals surface area contributed by atoms with E-state index in [1.807, 2.05) is 69.3 Å². The van der Waals surface area contributed by atoms with Gasteiger partial charge in [0.15, 0.2) is 6.61 Å². The van der Waals surface area contributed by atoms with Gasteiger partial charge in [0.2, 0.25) is 0 Å². The lowest BCUT2D eigenvalue weighted by molar-refractivity contribution is -0.123. The molecule has 2 aromatic rings. The van der Waals surface area contributed by atoms with Gasteiger partial charge in [-0.25, -0.2) is 5.43 Å². The van der Waals surface area contributed by atoms with Gasteiger partial charge in [0.25, 0.3) is 5.91 Å². The Balaban J connectivity index is 1.85. The minimum absolute atomic E-state index is 0.0618. The first-order valence-corrected chi connectivity index (χ1v) is 7.14. The van der Waals surface area contributed by atoms with Gasteiger partial charge in [-0.05, 0) is 38.5 Å². The predicted octanol–water partition coefficient (Wildman–Crippen LogP) is 3.22. The highest BCUT2D eigenvalue weighted by Crippen LogP contribution is 2.11. The molecule has 0 unspecified atom stereocenters. The molecule has 0 aliphatic carbocycles. The topological polar surface area (TPSA) is 50.7 Å². The van der Waals surface area contributed by atoms with Gasteiger partial charge in [0.05, 0.1) is 5.71 Å². The number of nitrogens with one attached hydrogen (secondary N) is 1. The van der Waals surface area contributed by atoms with E-state index in [0.717, 1.165) is 16.8 Å². The molecular formula is C18H20N2O2. The third-order valence-corrected chi connectivity index (χ3v) is 3.21. The average molecular weight is 296 g/mol. The van der Waals surface area contributed by atoms with Crippen LogP contribution in [0.15, 0.2) is 53.6 Å². The SMILES string of the molecule is C/C(=N\NC(=O)COc1ccc(C)cc1)c1ccc(C)cc1. The summed E-state index contributed by atoms with van der Waals surface area (Å²) >= 11 is 0. The summed E-state index contributed by atoms with van der Waals surface area (Å²) in [5, 5.41) is 4.09. The second-order valence-electron chi connectivity index (χ2n) is 5.20. The summed E-state index contributed by atoms with van der Waals surface area (Å²) in [5.74, 6) is 0.382. The molecule has 1 N–H and O–H groups in total. The summed E-state index contributed by atoms with van der Waals surface area (Å²) in [6, 6.07) is 15.5. The van der Waals surface area contributed by atoms with Crippen LogP contribution in [-0.2, 0) is 4.79 Å². The highest BCUT2D eigenvalue weighted by Gasteiger charge is 2.03. The molecule has 114 valence electrons. The van der Waals surface area contributed by atoms with Crippen LogP contribution >= 0.6 is 0 Å². The van der Waals surface area contributed by atoms with Crippen molar-refractivity contribution in [1.82, 2.24) is 5.43 Å². The number of hydrogen-bond acceptors (Lipinski definition) is 3. The van der Waals surface area contributed by atoms with Gasteiger partial charge in [0.1, 0.15) is 5.75 Å². The zero-order chi connectivity index (χ0) is 15.9. The molecule has 0 fully saturated rings. The number of carbonyl (C=O) groups excluding carboxylic acids is 1. The summed E-state index contributed by atoms with van der Waals surface area (Å²) in [6.45, 7) is 5.82. The summed E-state index contributed by atoms with van der Waals surface area (Å²) in [4.78, 5) is 11.7. The molecule has 0 spiro atoms. The van der Waals surface area contributed by atoms with Crippen LogP contribution in [0.2, 0.25) is 0 Å². The van der Waals surface area contributed by atoms with Crippen molar-refractivity contribution in [2.45, 2.75) is 20.8 Å². The molecule has 4 nitrogen and oxygen atoms in total. The van der Waals surface area contributed by atoms with Crippen LogP contribution in [0.25, 0.3) is 0 Å². The number of hydrogen-bond donors (Lipinski definition) is 1. The zero-order valence-electron chi connectivity index (χ0n) is 13.1. The molecule has 2 aromatic carbocycles. The van der Waals surface area contributed by atoms with Crippen LogP contribution in [0.3, 0.4) is 0 Å². The van der Waals surface area contributed by atoms with Gasteiger partial charge >= 0.3 is 0 Å². The van der Waals surface area contributed by atoms with E-state index < -0.39 is 0 Å². The number of aryl methyl sites for hydroxylation is 2. The van der Waals surface area contributed by atoms with Gasteiger partial charge in [0, 0.05) is 0 Å². The van der Waals surface area contributed by atoms with Crippen LogP contribution in [0, 0.1) is 13.8 Å². The first-order valence-electron chi connectivity index (χ1n) is 7.14. The molecule has 0 aliphatic rings. The fraction of sp³-hybridized carbons (Fsp3) is 0.222. The summed E-state index contributed by atoms with van der Waals surface area (Å²) < 4.78 is 5.40. The van der Waals surface area contributed by atoms with Crippen LogP contribution in [0.4, 0.5) is 0 Å². The Hall–Kier alpha value is -2.62. The normalized spacial score (nSPS) is 11.1. The molecule has 0 saturated carbocycles. The molecule has 0 atom stereocenters. The second-order valence-corrected chi connectivity index (χ2v) is 5.20. The van der Waals surface area contributed by atoms with Crippen molar-refractivity contribution in [2.24, 2.45) is 5.10 Å². The number of carbonyl (C=O) groups is 1. The average Bonchev–Trinajstić information content (AvgIpc) is 2.52. The second kappa shape index (κ2) is 7.41. The van der Waals surface area contributed by atoms with Crippen molar-refractivity contribution in [3.8, 4) is 5.75 Å². The number of rotatable bonds is 5. The fourth-order valence-corrected chi connectivity index (χ4v) is 1.82. The number of nitrogens with zero attached hydrogens (tertiary/aromatic N) is 1. The number of ether oxygens (including phenoxy) is 1. The summed E-state index contributed by atoms with van der Waals surface area (Å²) in [5.41, 5.74) is 6.57. The Morgan fingerprint density at radius 2 is 1.55 bits per heavy atom. The van der Waals surface area contributed by atoms with Crippen LogP contribution in [0.5, 0.6) is 5.75 Å². The van der Waals surface area contributed by atoms with Crippen LogP contribution in [-0.4, -0.2) is 18.2 Å². The summed E-state index contributed by atoms with van der Waals surface area (Å²) in [6.07, 6.45) is 0. The van der Waals surface area contributed by atoms with Crippen molar-refractivity contribution in [2.75, 3.05) is 6.61 Å². The van der Waals surface area contributed by atoms with Crippen molar-refractivity contribution < 1.29 is 9.53 Å². The maximum Gasteiger partial charge on any atom is 0.277 e. The summed E-state index contributed by atoms with van der Waals surface area (Å²) in [7, 11) is 0. The first kappa shape index (κ1) is 15.8. The molecule has 22 heavy (non-hydrogen) atoms. The van der Waals surface area contributed by atoms with E-state index in [1.165, 1.54) is 5.56 Å². The fourth-order valence-electron chi connectivity index (χ4n) is 1.82. The molecule has 0 bridgehead atoms. The van der Waals surface area contributed by atoms with E-state index in [0.29, 0.717) is 5.75 Å². The zero-order valence-corrected chi connectivity index (χ0v) is 13.1. The van der Waals surface area contributed by atoms with Crippen LogP contribution in [0.1, 0.15) is 23.6 Å². The van der Waals surface area contributed by atoms with Gasteiger partial charge in [-0.1, -0.05) is 47.5 Å². The predicted molar refractivity (Wildman–Crippen MR) is 88.2 cm³/mol. The van der Waals surface area contributed by atoms with E-state index >= 15 is 0 Å². The number of benzene rings is 2. The van der Waals surface area contributed by atoms with Crippen molar-refractivity contribution in [1.29, 1.82) is 0 Å². The molecule has 2 rings (SSSR count). The van der Waals surface area contributed by atoms with Crippen LogP contribution < -0.4 is 10.2 Å². The smallest absolute Gasteiger partial charge is 0.277 e. The third kappa shape index (κ3) is 4.74. The third-order valence-electron chi connectivity index (χ3n) is 3.21. The lowest BCUT2D eigenvalue weighted by Gasteiger charge is -2.06. The van der Waals surface area contributed by atoms with Gasteiger partial charge in [-0.2, -0.15) is 5.10 Å². The van der Waals surface area contributed by atoms with Crippen molar-refractivity contribution in [3.05, 3.63) is 65.2 Å². The molecule has 4 heteroatoms. The monoisotopic (exact) mass is 296 g/mol. The maximum atomic E-state index is 11.7. The Morgan fingerprint density at radius 3 is 2.14 bits per heavy atom. The Labute approximate surface area is 130 Å².